The van der Waals surface area contributed by atoms with Crippen molar-refractivity contribution >= 4 is 17.4 Å². The van der Waals surface area contributed by atoms with Crippen LogP contribution in [-0.2, 0) is 4.74 Å². The van der Waals surface area contributed by atoms with E-state index in [9.17, 15) is 4.79 Å². The standard InChI is InChI=1S/C20H21N5O2/c1-15-18(14-22-25(15)16-5-3-2-4-6-16)20(26)23-19-8-7-17(13-21-19)24-9-11-27-12-10-24/h2-8,13-14H,9-12H2,1H3,(H,21,23,26). The molecule has 0 spiro atoms. The summed E-state index contributed by atoms with van der Waals surface area (Å²) in [6, 6.07) is 13.5. The fourth-order valence-electron chi connectivity index (χ4n) is 3.11. The van der Waals surface area contributed by atoms with Gasteiger partial charge in [-0.05, 0) is 31.2 Å². The van der Waals surface area contributed by atoms with Gasteiger partial charge in [0.05, 0.1) is 48.2 Å². The molecule has 27 heavy (non-hydrogen) atoms. The minimum Gasteiger partial charge on any atom is -0.378 e. The molecule has 0 bridgehead atoms. The van der Waals surface area contributed by atoms with Crippen LogP contribution >= 0.6 is 0 Å². The Morgan fingerprint density at radius 2 is 1.81 bits per heavy atom. The molecule has 0 radical (unpaired) electrons. The Balaban J connectivity index is 1.47. The lowest BCUT2D eigenvalue weighted by atomic mass is 10.2. The van der Waals surface area contributed by atoms with Gasteiger partial charge in [0.15, 0.2) is 0 Å². The molecule has 7 nitrogen and oxygen atoms in total. The number of morpholine rings is 1. The maximum atomic E-state index is 12.6. The number of nitrogens with zero attached hydrogens (tertiary/aromatic N) is 4. The molecular formula is C20H21N5O2. The van der Waals surface area contributed by atoms with Gasteiger partial charge in [-0.3, -0.25) is 4.79 Å². The van der Waals surface area contributed by atoms with Crippen molar-refractivity contribution < 1.29 is 9.53 Å². The van der Waals surface area contributed by atoms with Crippen LogP contribution in [0.4, 0.5) is 11.5 Å². The molecule has 1 aliphatic rings. The Morgan fingerprint density at radius 1 is 1.04 bits per heavy atom. The van der Waals surface area contributed by atoms with Crippen LogP contribution in [0.5, 0.6) is 0 Å². The number of rotatable bonds is 4. The van der Waals surface area contributed by atoms with Crippen LogP contribution in [0.1, 0.15) is 16.1 Å². The number of carbonyl (C=O) groups excluding carboxylic acids is 1. The molecule has 0 unspecified atom stereocenters. The van der Waals surface area contributed by atoms with Crippen molar-refractivity contribution in [2.75, 3.05) is 36.5 Å². The summed E-state index contributed by atoms with van der Waals surface area (Å²) in [7, 11) is 0. The fourth-order valence-corrected chi connectivity index (χ4v) is 3.11. The number of amides is 1. The highest BCUT2D eigenvalue weighted by Gasteiger charge is 2.16. The first-order valence-corrected chi connectivity index (χ1v) is 8.92. The second-order valence-corrected chi connectivity index (χ2v) is 6.35. The second kappa shape index (κ2) is 7.59. The summed E-state index contributed by atoms with van der Waals surface area (Å²) < 4.78 is 7.12. The van der Waals surface area contributed by atoms with Crippen LogP contribution in [0.15, 0.2) is 54.9 Å². The van der Waals surface area contributed by atoms with Crippen LogP contribution in [0.3, 0.4) is 0 Å². The molecule has 4 rings (SSSR count). The Bertz CT molecular complexity index is 915. The lowest BCUT2D eigenvalue weighted by Crippen LogP contribution is -2.36. The monoisotopic (exact) mass is 363 g/mol. The van der Waals surface area contributed by atoms with E-state index in [1.165, 1.54) is 0 Å². The van der Waals surface area contributed by atoms with Crippen molar-refractivity contribution in [3.8, 4) is 5.69 Å². The van der Waals surface area contributed by atoms with Gasteiger partial charge >= 0.3 is 0 Å². The maximum Gasteiger partial charge on any atom is 0.260 e. The van der Waals surface area contributed by atoms with Crippen LogP contribution in [-0.4, -0.2) is 47.0 Å². The Kier molecular flexibility index (Phi) is 4.84. The Labute approximate surface area is 157 Å². The first-order valence-electron chi connectivity index (χ1n) is 8.92. The molecule has 1 aromatic carbocycles. The normalized spacial score (nSPS) is 14.2. The molecule has 7 heteroatoms. The number of benzene rings is 1. The molecule has 1 fully saturated rings. The zero-order valence-electron chi connectivity index (χ0n) is 15.1. The molecule has 0 atom stereocenters. The predicted octanol–water partition coefficient (Wildman–Crippen LogP) is 2.66. The third-order valence-corrected chi connectivity index (χ3v) is 4.62. The molecule has 1 N–H and O–H groups in total. The smallest absolute Gasteiger partial charge is 0.260 e. The molecule has 0 saturated carbocycles. The van der Waals surface area contributed by atoms with Crippen LogP contribution in [0, 0.1) is 6.92 Å². The number of aromatic nitrogens is 3. The summed E-state index contributed by atoms with van der Waals surface area (Å²) in [5, 5.41) is 7.19. The topological polar surface area (TPSA) is 72.3 Å². The van der Waals surface area contributed by atoms with E-state index in [1.807, 2.05) is 49.4 Å². The van der Waals surface area contributed by atoms with E-state index in [0.717, 1.165) is 43.4 Å². The summed E-state index contributed by atoms with van der Waals surface area (Å²) in [6.45, 7) is 5.03. The summed E-state index contributed by atoms with van der Waals surface area (Å²) in [4.78, 5) is 19.2. The molecule has 138 valence electrons. The van der Waals surface area contributed by atoms with Crippen molar-refractivity contribution in [3.63, 3.8) is 0 Å². The number of hydrogen-bond donors (Lipinski definition) is 1. The Morgan fingerprint density at radius 3 is 2.52 bits per heavy atom. The van der Waals surface area contributed by atoms with Gasteiger partial charge in [-0.25, -0.2) is 9.67 Å². The minimum absolute atomic E-state index is 0.221. The molecule has 3 heterocycles. The van der Waals surface area contributed by atoms with E-state index in [-0.39, 0.29) is 5.91 Å². The number of nitrogens with one attached hydrogen (secondary N) is 1. The van der Waals surface area contributed by atoms with Gasteiger partial charge in [-0.15, -0.1) is 0 Å². The summed E-state index contributed by atoms with van der Waals surface area (Å²) in [5.41, 5.74) is 3.26. The van der Waals surface area contributed by atoms with E-state index < -0.39 is 0 Å². The van der Waals surface area contributed by atoms with Crippen LogP contribution < -0.4 is 10.2 Å². The zero-order chi connectivity index (χ0) is 18.6. The number of carbonyl (C=O) groups is 1. The van der Waals surface area contributed by atoms with E-state index >= 15 is 0 Å². The summed E-state index contributed by atoms with van der Waals surface area (Å²) >= 11 is 0. The predicted molar refractivity (Wildman–Crippen MR) is 104 cm³/mol. The zero-order valence-corrected chi connectivity index (χ0v) is 15.1. The van der Waals surface area contributed by atoms with Crippen molar-refractivity contribution in [2.24, 2.45) is 0 Å². The van der Waals surface area contributed by atoms with Crippen molar-refractivity contribution in [2.45, 2.75) is 6.92 Å². The van der Waals surface area contributed by atoms with E-state index in [0.29, 0.717) is 11.4 Å². The summed E-state index contributed by atoms with van der Waals surface area (Å²) in [5.74, 6) is 0.296. The van der Waals surface area contributed by atoms with Crippen LogP contribution in [0.2, 0.25) is 0 Å². The van der Waals surface area contributed by atoms with Crippen molar-refractivity contribution in [1.29, 1.82) is 0 Å². The Hall–Kier alpha value is -3.19. The molecule has 3 aromatic rings. The van der Waals surface area contributed by atoms with E-state index in [4.69, 9.17) is 4.74 Å². The number of pyridine rings is 1. The van der Waals surface area contributed by atoms with Crippen LogP contribution in [0.25, 0.3) is 5.69 Å². The minimum atomic E-state index is -0.221. The second-order valence-electron chi connectivity index (χ2n) is 6.35. The lowest BCUT2D eigenvalue weighted by Gasteiger charge is -2.28. The largest absolute Gasteiger partial charge is 0.378 e. The van der Waals surface area contributed by atoms with Gasteiger partial charge in [0.1, 0.15) is 5.82 Å². The number of anilines is 2. The van der Waals surface area contributed by atoms with Gasteiger partial charge in [0, 0.05) is 13.1 Å². The van der Waals surface area contributed by atoms with Gasteiger partial charge in [-0.2, -0.15) is 5.10 Å². The molecule has 1 saturated heterocycles. The maximum absolute atomic E-state index is 12.6. The van der Waals surface area contributed by atoms with Gasteiger partial charge in [-0.1, -0.05) is 18.2 Å². The molecule has 0 aliphatic carbocycles. The van der Waals surface area contributed by atoms with Gasteiger partial charge in [0.2, 0.25) is 0 Å². The first-order chi connectivity index (χ1) is 13.2. The highest BCUT2D eigenvalue weighted by Crippen LogP contribution is 2.18. The lowest BCUT2D eigenvalue weighted by molar-refractivity contribution is 0.102. The molecule has 1 aliphatic heterocycles. The molecule has 2 aromatic heterocycles. The van der Waals surface area contributed by atoms with Crippen molar-refractivity contribution in [1.82, 2.24) is 14.8 Å². The van der Waals surface area contributed by atoms with E-state index in [2.05, 4.69) is 20.3 Å². The van der Waals surface area contributed by atoms with Crippen molar-refractivity contribution in [3.05, 3.63) is 66.1 Å². The number of ether oxygens (including phenoxy) is 1. The van der Waals surface area contributed by atoms with Gasteiger partial charge in [0.25, 0.3) is 5.91 Å². The third-order valence-electron chi connectivity index (χ3n) is 4.62. The van der Waals surface area contributed by atoms with E-state index in [1.54, 1.807) is 17.1 Å². The summed E-state index contributed by atoms with van der Waals surface area (Å²) in [6.07, 6.45) is 3.36. The highest BCUT2D eigenvalue weighted by atomic mass is 16.5. The molecular weight excluding hydrogens is 342 g/mol. The number of para-hydroxylation sites is 1. The SMILES string of the molecule is Cc1c(C(=O)Nc2ccc(N3CCOCC3)cn2)cnn1-c1ccccc1. The number of hydrogen-bond acceptors (Lipinski definition) is 5. The average molecular weight is 363 g/mol. The quantitative estimate of drug-likeness (QED) is 0.772. The first kappa shape index (κ1) is 17.2. The molecule has 1 amide bonds. The average Bonchev–Trinajstić information content (AvgIpc) is 3.11. The highest BCUT2D eigenvalue weighted by molar-refractivity contribution is 6.04. The third kappa shape index (κ3) is 3.68. The fraction of sp³-hybridized carbons (Fsp3) is 0.250. The van der Waals surface area contributed by atoms with Gasteiger partial charge < -0.3 is 15.0 Å².